The molecule has 0 nitrogen and oxygen atoms in total. The fourth-order valence-corrected chi connectivity index (χ4v) is 6.17. The van der Waals surface area contributed by atoms with Crippen LogP contribution in [0.3, 0.4) is 0 Å². The quantitative estimate of drug-likeness (QED) is 0.189. The van der Waals surface area contributed by atoms with Gasteiger partial charge in [0.25, 0.3) is 0 Å². The molecular weight excluding hydrogens is 513 g/mol. The highest BCUT2D eigenvalue weighted by atomic mass is 32.2. The van der Waals surface area contributed by atoms with Crippen molar-refractivity contribution in [3.8, 4) is 33.4 Å². The van der Waals surface area contributed by atoms with E-state index in [-0.39, 0.29) is 26.3 Å². The number of hydrogen-bond acceptors (Lipinski definition) is 1. The van der Waals surface area contributed by atoms with Gasteiger partial charge >= 0.3 is 0 Å². The van der Waals surface area contributed by atoms with Crippen LogP contribution in [0, 0.1) is 0 Å². The third-order valence-corrected chi connectivity index (χ3v) is 7.91. The molecule has 0 N–H and O–H groups in total. The Balaban J connectivity index is 1.65. The SMILES string of the molecule is [2H]c1c([2H])c([2H])c2c(c1[2H])Sc1c([2H])c([2H])c([2H])c3c(-c4c5c([2H])c([2H])c([2H])c([2H])c5c(-c5c([2H])c([2H])c6c([2H])c([2H])c([2H])c([2H])c6c5[2H])c5c([2H])c([2H])c([2H])c([2H])c45)c([2H])c([2H])c-2c13. The van der Waals surface area contributed by atoms with E-state index in [0.717, 1.165) is 0 Å². The molecule has 190 valence electrons. The maximum atomic E-state index is 9.69. The van der Waals surface area contributed by atoms with Crippen molar-refractivity contribution in [1.29, 1.82) is 0 Å². The predicted octanol–water partition coefficient (Wildman–Crippen LogP) is 11.8. The van der Waals surface area contributed by atoms with Gasteiger partial charge in [0.05, 0.1) is 32.9 Å². The van der Waals surface area contributed by atoms with Crippen LogP contribution >= 0.6 is 11.8 Å². The van der Waals surface area contributed by atoms with Gasteiger partial charge in [0, 0.05) is 15.2 Å². The number of fused-ring (bicyclic) bond motifs is 5. The first-order valence-electron chi connectivity index (χ1n) is 24.2. The molecule has 8 aromatic rings. The van der Waals surface area contributed by atoms with Crippen LogP contribution in [0.2, 0.25) is 0 Å². The van der Waals surface area contributed by atoms with Gasteiger partial charge in [-0.1, -0.05) is 139 Å². The molecule has 0 aromatic heterocycles. The highest BCUT2D eigenvalue weighted by molar-refractivity contribution is 7.99. The summed E-state index contributed by atoms with van der Waals surface area (Å²) in [7, 11) is 0. The first-order chi connectivity index (χ1) is 30.3. The van der Waals surface area contributed by atoms with Crippen molar-refractivity contribution in [2.45, 2.75) is 9.79 Å². The molecule has 9 rings (SSSR count). The molecular formula is C40H24S. The van der Waals surface area contributed by atoms with Gasteiger partial charge in [-0.25, -0.2) is 0 Å². The predicted molar refractivity (Wildman–Crippen MR) is 177 cm³/mol. The zero-order valence-corrected chi connectivity index (χ0v) is 21.2. The van der Waals surface area contributed by atoms with E-state index in [1.807, 2.05) is 0 Å². The molecule has 8 aromatic carbocycles. The second kappa shape index (κ2) is 8.83. The summed E-state index contributed by atoms with van der Waals surface area (Å²) in [6.45, 7) is 0. The van der Waals surface area contributed by atoms with Gasteiger partial charge in [0.2, 0.25) is 0 Å². The fraction of sp³-hybridized carbons (Fsp3) is 0. The highest BCUT2D eigenvalue weighted by Crippen LogP contribution is 2.51. The van der Waals surface area contributed by atoms with Crippen LogP contribution < -0.4 is 0 Å². The lowest BCUT2D eigenvalue weighted by atomic mass is 9.83. The van der Waals surface area contributed by atoms with E-state index in [9.17, 15) is 12.3 Å². The van der Waals surface area contributed by atoms with Crippen molar-refractivity contribution >= 4 is 54.9 Å². The number of rotatable bonds is 2. The van der Waals surface area contributed by atoms with E-state index in [1.54, 1.807) is 0 Å². The van der Waals surface area contributed by atoms with E-state index in [0.29, 0.717) is 11.8 Å². The zero-order valence-electron chi connectivity index (χ0n) is 44.4. The van der Waals surface area contributed by atoms with Gasteiger partial charge in [-0.05, 0) is 89.2 Å². The van der Waals surface area contributed by atoms with E-state index >= 15 is 0 Å². The smallest absolute Gasteiger partial charge is 0.0636 e. The van der Waals surface area contributed by atoms with Gasteiger partial charge in [-0.2, -0.15) is 0 Å². The highest BCUT2D eigenvalue weighted by Gasteiger charge is 2.23. The van der Waals surface area contributed by atoms with Crippen LogP contribution in [0.15, 0.2) is 155 Å². The van der Waals surface area contributed by atoms with E-state index in [1.165, 1.54) is 0 Å². The molecule has 0 radical (unpaired) electrons. The first-order valence-corrected chi connectivity index (χ1v) is 13.0. The van der Waals surface area contributed by atoms with Crippen molar-refractivity contribution in [2.24, 2.45) is 0 Å². The van der Waals surface area contributed by atoms with E-state index in [4.69, 9.17) is 20.6 Å². The van der Waals surface area contributed by atoms with Crippen LogP contribution in [0.1, 0.15) is 32.9 Å². The van der Waals surface area contributed by atoms with E-state index in [2.05, 4.69) is 0 Å². The van der Waals surface area contributed by atoms with E-state index < -0.39 is 205 Å². The Hall–Kier alpha value is -4.85. The minimum Gasteiger partial charge on any atom is -0.0888 e. The first kappa shape index (κ1) is 9.62. The zero-order chi connectivity index (χ0) is 47.8. The summed E-state index contributed by atoms with van der Waals surface area (Å²) in [4.78, 5) is -0.329. The average Bonchev–Trinajstić information content (AvgIpc) is 3.28. The van der Waals surface area contributed by atoms with Crippen LogP contribution in [-0.4, -0.2) is 0 Å². The summed E-state index contributed by atoms with van der Waals surface area (Å²) < 4.78 is 215. The molecule has 0 saturated heterocycles. The lowest BCUT2D eigenvalue weighted by molar-refractivity contribution is 1.40. The summed E-state index contributed by atoms with van der Waals surface area (Å²) in [5, 5.41) is -4.38. The lowest BCUT2D eigenvalue weighted by Crippen LogP contribution is -1.95. The van der Waals surface area contributed by atoms with Crippen molar-refractivity contribution in [1.82, 2.24) is 0 Å². The third kappa shape index (κ3) is 3.36. The van der Waals surface area contributed by atoms with Gasteiger partial charge in [-0.3, -0.25) is 0 Å². The summed E-state index contributed by atoms with van der Waals surface area (Å²) in [5.74, 6) is 0. The van der Waals surface area contributed by atoms with Gasteiger partial charge < -0.3 is 0 Å². The van der Waals surface area contributed by atoms with Crippen molar-refractivity contribution in [3.63, 3.8) is 0 Å². The maximum absolute atomic E-state index is 9.69. The number of hydrogen-bond donors (Lipinski definition) is 0. The molecule has 0 fully saturated rings. The lowest BCUT2D eigenvalue weighted by Gasteiger charge is -2.23. The summed E-state index contributed by atoms with van der Waals surface area (Å²) in [6, 6.07) is -19.6. The molecule has 1 aliphatic rings. The van der Waals surface area contributed by atoms with Crippen molar-refractivity contribution in [2.75, 3.05) is 0 Å². The van der Waals surface area contributed by atoms with Crippen molar-refractivity contribution < 1.29 is 32.9 Å². The Bertz CT molecular complexity index is 3590. The Kier molecular flexibility index (Phi) is 2.07. The topological polar surface area (TPSA) is 0 Å². The molecule has 0 atom stereocenters. The second-order valence-electron chi connectivity index (χ2n) is 9.01. The minimum atomic E-state index is -0.929. The second-order valence-corrected chi connectivity index (χ2v) is 10.0. The molecule has 0 bridgehead atoms. The molecule has 0 amide bonds. The summed E-state index contributed by atoms with van der Waals surface area (Å²) in [6.07, 6.45) is 0. The van der Waals surface area contributed by atoms with Gasteiger partial charge in [0.15, 0.2) is 0 Å². The Morgan fingerprint density at radius 2 is 0.976 bits per heavy atom. The molecule has 1 heteroatoms. The molecule has 0 saturated carbocycles. The third-order valence-electron chi connectivity index (χ3n) is 6.89. The summed E-state index contributed by atoms with van der Waals surface area (Å²) in [5.41, 5.74) is -3.15. The Morgan fingerprint density at radius 3 is 1.76 bits per heavy atom. The van der Waals surface area contributed by atoms with Gasteiger partial charge in [-0.15, -0.1) is 0 Å². The van der Waals surface area contributed by atoms with Crippen LogP contribution in [0.25, 0.3) is 76.5 Å². The molecule has 41 heavy (non-hydrogen) atoms. The van der Waals surface area contributed by atoms with Gasteiger partial charge in [0.1, 0.15) is 0 Å². The molecule has 0 aliphatic carbocycles. The monoisotopic (exact) mass is 560 g/mol. The average molecular weight is 561 g/mol. The maximum Gasteiger partial charge on any atom is 0.0636 e. The molecule has 1 aliphatic heterocycles. The normalized spacial score (nSPS) is 20.5. The number of benzene rings is 8. The van der Waals surface area contributed by atoms with Crippen LogP contribution in [0.4, 0.5) is 0 Å². The molecule has 1 heterocycles. The van der Waals surface area contributed by atoms with Crippen LogP contribution in [0.5, 0.6) is 0 Å². The molecule has 0 unspecified atom stereocenters. The Morgan fingerprint density at radius 1 is 0.390 bits per heavy atom. The Labute approximate surface area is 276 Å². The standard InChI is InChI=1S/C40H24S/c1-2-11-26-24-27(21-20-25(26)10-1)38-29-13-3-5-15-31(29)39(32-16-6-4-14-30(32)38)35-23-22-34-28-12-7-8-18-36(28)41-37-19-9-17-33(35)40(34)37/h1-24H/i1D,2D,3D,4D,5D,6D,7D,8D,9D,10D,11D,12D,13D,14D,15D,16D,17D,18D,19D,20D,21D,22D,23D,24D. The molecule has 0 spiro atoms. The van der Waals surface area contributed by atoms with Crippen LogP contribution in [-0.2, 0) is 0 Å². The largest absolute Gasteiger partial charge is 0.0888 e. The minimum absolute atomic E-state index is 0.147. The fourth-order valence-electron chi connectivity index (χ4n) is 5.20. The van der Waals surface area contributed by atoms with Crippen molar-refractivity contribution in [3.05, 3.63) is 145 Å². The summed E-state index contributed by atoms with van der Waals surface area (Å²) >= 11 is 0.640.